The highest BCUT2D eigenvalue weighted by Gasteiger charge is 2.09. The van der Waals surface area contributed by atoms with E-state index in [1.807, 2.05) is 24.3 Å². The Morgan fingerprint density at radius 2 is 1.89 bits per heavy atom. The molecule has 3 heteroatoms. The van der Waals surface area contributed by atoms with Crippen molar-refractivity contribution < 1.29 is 0 Å². The van der Waals surface area contributed by atoms with Crippen LogP contribution in [0.2, 0.25) is 5.02 Å². The Morgan fingerprint density at radius 3 is 2.58 bits per heavy atom. The van der Waals surface area contributed by atoms with Crippen LogP contribution in [0.25, 0.3) is 0 Å². The van der Waals surface area contributed by atoms with Gasteiger partial charge in [-0.2, -0.15) is 0 Å². The molecular weight excluding hydrogens is 322 g/mol. The normalized spacial score (nSPS) is 12.2. The van der Waals surface area contributed by atoms with Gasteiger partial charge < -0.3 is 5.32 Å². The highest BCUT2D eigenvalue weighted by Crippen LogP contribution is 2.27. The van der Waals surface area contributed by atoms with Gasteiger partial charge in [0.25, 0.3) is 0 Å². The van der Waals surface area contributed by atoms with Gasteiger partial charge in [-0.15, -0.1) is 0 Å². The van der Waals surface area contributed by atoms with Gasteiger partial charge in [0, 0.05) is 15.5 Å². The van der Waals surface area contributed by atoms with Gasteiger partial charge in [-0.3, -0.25) is 0 Å². The molecule has 0 saturated carbocycles. The molecule has 0 aliphatic carbocycles. The fraction of sp³-hybridized carbons (Fsp3) is 0.250. The number of hydrogen-bond donors (Lipinski definition) is 1. The highest BCUT2D eigenvalue weighted by atomic mass is 79.9. The average Bonchev–Trinajstić information content (AvgIpc) is 2.43. The quantitative estimate of drug-likeness (QED) is 0.755. The molecule has 0 radical (unpaired) electrons. The largest absolute Gasteiger partial charge is 0.381 e. The molecule has 0 amide bonds. The maximum absolute atomic E-state index is 6.04. The SMILES string of the molecule is CCC(Cc1ccccc1)Nc1cc(Cl)ccc1Br. The summed E-state index contributed by atoms with van der Waals surface area (Å²) in [5.41, 5.74) is 2.40. The van der Waals surface area contributed by atoms with E-state index in [0.29, 0.717) is 6.04 Å². The van der Waals surface area contributed by atoms with E-state index in [9.17, 15) is 0 Å². The smallest absolute Gasteiger partial charge is 0.0501 e. The van der Waals surface area contributed by atoms with Crippen LogP contribution in [0, 0.1) is 0 Å². The minimum atomic E-state index is 0.400. The van der Waals surface area contributed by atoms with Gasteiger partial charge in [0.1, 0.15) is 0 Å². The molecule has 0 fully saturated rings. The lowest BCUT2D eigenvalue weighted by Crippen LogP contribution is -2.21. The van der Waals surface area contributed by atoms with Gasteiger partial charge in [0.2, 0.25) is 0 Å². The Balaban J connectivity index is 2.09. The zero-order chi connectivity index (χ0) is 13.7. The van der Waals surface area contributed by atoms with Crippen LogP contribution < -0.4 is 5.32 Å². The summed E-state index contributed by atoms with van der Waals surface area (Å²) < 4.78 is 1.04. The summed E-state index contributed by atoms with van der Waals surface area (Å²) in [6, 6.07) is 16.8. The molecule has 0 aromatic heterocycles. The molecular formula is C16H17BrClN. The summed E-state index contributed by atoms with van der Waals surface area (Å²) in [5.74, 6) is 0. The third kappa shape index (κ3) is 4.26. The number of nitrogens with one attached hydrogen (secondary N) is 1. The Morgan fingerprint density at radius 1 is 1.16 bits per heavy atom. The molecule has 0 spiro atoms. The van der Waals surface area contributed by atoms with Crippen molar-refractivity contribution in [2.24, 2.45) is 0 Å². The first kappa shape index (κ1) is 14.4. The monoisotopic (exact) mass is 337 g/mol. The number of anilines is 1. The first-order chi connectivity index (χ1) is 9.19. The zero-order valence-corrected chi connectivity index (χ0v) is 13.2. The van der Waals surface area contributed by atoms with Crippen LogP contribution in [-0.4, -0.2) is 6.04 Å². The minimum Gasteiger partial charge on any atom is -0.381 e. The van der Waals surface area contributed by atoms with Crippen LogP contribution in [0.4, 0.5) is 5.69 Å². The van der Waals surface area contributed by atoms with Crippen molar-refractivity contribution in [2.45, 2.75) is 25.8 Å². The number of hydrogen-bond acceptors (Lipinski definition) is 1. The van der Waals surface area contributed by atoms with E-state index in [1.54, 1.807) is 0 Å². The molecule has 0 heterocycles. The van der Waals surface area contributed by atoms with E-state index in [-0.39, 0.29) is 0 Å². The summed E-state index contributed by atoms with van der Waals surface area (Å²) in [6.07, 6.45) is 2.07. The lowest BCUT2D eigenvalue weighted by Gasteiger charge is -2.19. The molecule has 2 rings (SSSR count). The van der Waals surface area contributed by atoms with E-state index in [2.05, 4.69) is 52.4 Å². The standard InChI is InChI=1S/C16H17BrClN/c1-2-14(10-12-6-4-3-5-7-12)19-16-11-13(18)8-9-15(16)17/h3-9,11,14,19H,2,10H2,1H3. The van der Waals surface area contributed by atoms with Gasteiger partial charge in [0.15, 0.2) is 0 Å². The summed E-state index contributed by atoms with van der Waals surface area (Å²) in [6.45, 7) is 2.19. The summed E-state index contributed by atoms with van der Waals surface area (Å²) in [7, 11) is 0. The van der Waals surface area contributed by atoms with Crippen molar-refractivity contribution >= 4 is 33.2 Å². The molecule has 1 unspecified atom stereocenters. The highest BCUT2D eigenvalue weighted by molar-refractivity contribution is 9.10. The number of halogens is 2. The second kappa shape index (κ2) is 6.97. The topological polar surface area (TPSA) is 12.0 Å². The van der Waals surface area contributed by atoms with Crippen LogP contribution in [0.5, 0.6) is 0 Å². The molecule has 19 heavy (non-hydrogen) atoms. The Labute approximate surface area is 128 Å². The van der Waals surface area contributed by atoms with Crippen molar-refractivity contribution in [1.82, 2.24) is 0 Å². The number of benzene rings is 2. The molecule has 2 aromatic rings. The molecule has 2 aromatic carbocycles. The Hall–Kier alpha value is -0.990. The lowest BCUT2D eigenvalue weighted by molar-refractivity contribution is 0.690. The van der Waals surface area contributed by atoms with Crippen LogP contribution in [0.3, 0.4) is 0 Å². The van der Waals surface area contributed by atoms with E-state index in [1.165, 1.54) is 5.56 Å². The van der Waals surface area contributed by atoms with Crippen molar-refractivity contribution in [3.05, 3.63) is 63.6 Å². The van der Waals surface area contributed by atoms with Gasteiger partial charge >= 0.3 is 0 Å². The molecule has 0 aliphatic rings. The van der Waals surface area contributed by atoms with E-state index in [0.717, 1.165) is 28.0 Å². The Kier molecular flexibility index (Phi) is 5.29. The molecule has 0 saturated heterocycles. The number of rotatable bonds is 5. The van der Waals surface area contributed by atoms with Crippen LogP contribution in [-0.2, 0) is 6.42 Å². The lowest BCUT2D eigenvalue weighted by atomic mass is 10.0. The van der Waals surface area contributed by atoms with Crippen LogP contribution in [0.15, 0.2) is 53.0 Å². The molecule has 1 nitrogen and oxygen atoms in total. The predicted octanol–water partition coefficient (Wildman–Crippen LogP) is 5.54. The fourth-order valence-electron chi connectivity index (χ4n) is 2.02. The van der Waals surface area contributed by atoms with Crippen molar-refractivity contribution in [3.63, 3.8) is 0 Å². The van der Waals surface area contributed by atoms with Crippen molar-refractivity contribution in [2.75, 3.05) is 5.32 Å². The van der Waals surface area contributed by atoms with Gasteiger partial charge in [0.05, 0.1) is 5.69 Å². The second-order valence-electron chi connectivity index (χ2n) is 4.56. The third-order valence-electron chi connectivity index (χ3n) is 3.11. The zero-order valence-electron chi connectivity index (χ0n) is 10.9. The van der Waals surface area contributed by atoms with E-state index in [4.69, 9.17) is 11.6 Å². The maximum Gasteiger partial charge on any atom is 0.0501 e. The maximum atomic E-state index is 6.04. The van der Waals surface area contributed by atoms with Crippen molar-refractivity contribution in [1.29, 1.82) is 0 Å². The minimum absolute atomic E-state index is 0.400. The molecule has 0 bridgehead atoms. The fourth-order valence-corrected chi connectivity index (χ4v) is 2.56. The molecule has 1 N–H and O–H groups in total. The van der Waals surface area contributed by atoms with Gasteiger partial charge in [-0.05, 0) is 52.5 Å². The van der Waals surface area contributed by atoms with Crippen LogP contribution >= 0.6 is 27.5 Å². The first-order valence-electron chi connectivity index (χ1n) is 6.44. The molecule has 100 valence electrons. The first-order valence-corrected chi connectivity index (χ1v) is 7.61. The van der Waals surface area contributed by atoms with Crippen molar-refractivity contribution in [3.8, 4) is 0 Å². The second-order valence-corrected chi connectivity index (χ2v) is 5.85. The van der Waals surface area contributed by atoms with Gasteiger partial charge in [-0.1, -0.05) is 48.9 Å². The predicted molar refractivity (Wildman–Crippen MR) is 87.0 cm³/mol. The van der Waals surface area contributed by atoms with E-state index < -0.39 is 0 Å². The molecule has 1 atom stereocenters. The van der Waals surface area contributed by atoms with E-state index >= 15 is 0 Å². The molecule has 0 aliphatic heterocycles. The summed E-state index contributed by atoms with van der Waals surface area (Å²) in [5, 5.41) is 4.31. The summed E-state index contributed by atoms with van der Waals surface area (Å²) >= 11 is 9.60. The summed E-state index contributed by atoms with van der Waals surface area (Å²) in [4.78, 5) is 0. The average molecular weight is 339 g/mol. The van der Waals surface area contributed by atoms with Gasteiger partial charge in [-0.25, -0.2) is 0 Å². The van der Waals surface area contributed by atoms with Crippen LogP contribution in [0.1, 0.15) is 18.9 Å². The Bertz CT molecular complexity index is 528. The third-order valence-corrected chi connectivity index (χ3v) is 4.03.